The third-order valence-corrected chi connectivity index (χ3v) is 2.07. The van der Waals surface area contributed by atoms with Crippen LogP contribution in [0.1, 0.15) is 5.56 Å². The zero-order valence-corrected chi connectivity index (χ0v) is 8.63. The van der Waals surface area contributed by atoms with Crippen LogP contribution in [0.25, 0.3) is 0 Å². The van der Waals surface area contributed by atoms with Gasteiger partial charge < -0.3 is 5.32 Å². The van der Waals surface area contributed by atoms with Crippen molar-refractivity contribution < 1.29 is 4.79 Å². The molecule has 16 heavy (non-hydrogen) atoms. The summed E-state index contributed by atoms with van der Waals surface area (Å²) in [7, 11) is 0. The topological polar surface area (TPSA) is 56.7 Å². The van der Waals surface area contributed by atoms with E-state index in [1.54, 1.807) is 18.5 Å². The normalized spacial score (nSPS) is 13.4. The Morgan fingerprint density at radius 2 is 2.19 bits per heavy atom. The number of nitrogens with zero attached hydrogens (tertiary/aromatic N) is 2. The first-order valence-electron chi connectivity index (χ1n) is 4.93. The number of allylic oxidation sites excluding steroid dienone is 1. The van der Waals surface area contributed by atoms with Gasteiger partial charge in [0.1, 0.15) is 0 Å². The first kappa shape index (κ1) is 10.2. The van der Waals surface area contributed by atoms with E-state index in [0.29, 0.717) is 6.54 Å². The lowest BCUT2D eigenvalue weighted by atomic mass is 10.2. The molecule has 0 fully saturated rings. The molecule has 5 nitrogen and oxygen atoms in total. The van der Waals surface area contributed by atoms with Gasteiger partial charge in [-0.3, -0.25) is 0 Å². The molecule has 1 aliphatic rings. The lowest BCUT2D eigenvalue weighted by Crippen LogP contribution is -2.43. The molecule has 0 spiro atoms. The fourth-order valence-corrected chi connectivity index (χ4v) is 1.27. The highest BCUT2D eigenvalue weighted by Crippen LogP contribution is 1.98. The quantitative estimate of drug-likeness (QED) is 0.780. The molecule has 0 saturated heterocycles. The molecule has 0 saturated carbocycles. The van der Waals surface area contributed by atoms with Gasteiger partial charge in [0.05, 0.1) is 6.21 Å². The molecule has 2 rings (SSSR count). The summed E-state index contributed by atoms with van der Waals surface area (Å²) >= 11 is 0. The Kier molecular flexibility index (Phi) is 3.18. The van der Waals surface area contributed by atoms with Gasteiger partial charge in [-0.1, -0.05) is 30.3 Å². The van der Waals surface area contributed by atoms with Crippen LogP contribution in [0.2, 0.25) is 0 Å². The van der Waals surface area contributed by atoms with Crippen LogP contribution in [0.5, 0.6) is 0 Å². The molecule has 1 aromatic rings. The van der Waals surface area contributed by atoms with Crippen LogP contribution in [0.15, 0.2) is 47.7 Å². The van der Waals surface area contributed by atoms with Crippen LogP contribution in [0.4, 0.5) is 4.79 Å². The van der Waals surface area contributed by atoms with Gasteiger partial charge in [0.15, 0.2) is 0 Å². The second kappa shape index (κ2) is 4.97. The average Bonchev–Trinajstić information content (AvgIpc) is 2.38. The van der Waals surface area contributed by atoms with Crippen molar-refractivity contribution in [3.63, 3.8) is 0 Å². The number of carbonyl (C=O) groups is 1. The molecule has 1 aromatic carbocycles. The third-order valence-electron chi connectivity index (χ3n) is 2.07. The maximum absolute atomic E-state index is 11.6. The second-order valence-electron chi connectivity index (χ2n) is 3.23. The van der Waals surface area contributed by atoms with Gasteiger partial charge in [0.25, 0.3) is 0 Å². The largest absolute Gasteiger partial charge is 0.341 e. The van der Waals surface area contributed by atoms with Crippen molar-refractivity contribution in [2.45, 2.75) is 6.54 Å². The Labute approximate surface area is 93.4 Å². The molecule has 0 radical (unpaired) electrons. The van der Waals surface area contributed by atoms with Crippen molar-refractivity contribution in [2.75, 3.05) is 0 Å². The number of hydrogen-bond donors (Lipinski definition) is 2. The van der Waals surface area contributed by atoms with Crippen molar-refractivity contribution in [1.29, 1.82) is 0 Å². The monoisotopic (exact) mass is 216 g/mol. The molecule has 82 valence electrons. The Hall–Kier alpha value is -2.30. The maximum atomic E-state index is 11.6. The van der Waals surface area contributed by atoms with Crippen LogP contribution in [-0.4, -0.2) is 17.3 Å². The van der Waals surface area contributed by atoms with Gasteiger partial charge >= 0.3 is 6.03 Å². The molecule has 0 atom stereocenters. The zero-order chi connectivity index (χ0) is 11.2. The van der Waals surface area contributed by atoms with Crippen LogP contribution in [-0.2, 0) is 6.54 Å². The van der Waals surface area contributed by atoms with E-state index in [1.807, 2.05) is 30.3 Å². The van der Waals surface area contributed by atoms with Crippen LogP contribution in [0, 0.1) is 0 Å². The molecule has 1 aliphatic heterocycles. The number of hydrazone groups is 1. The summed E-state index contributed by atoms with van der Waals surface area (Å²) in [5, 5.41) is 7.79. The Morgan fingerprint density at radius 3 is 2.88 bits per heavy atom. The van der Waals surface area contributed by atoms with Crippen molar-refractivity contribution in [3.05, 3.63) is 48.2 Å². The minimum absolute atomic E-state index is 0.239. The number of amides is 2. The highest BCUT2D eigenvalue weighted by Gasteiger charge is 2.09. The third kappa shape index (κ3) is 2.60. The van der Waals surface area contributed by atoms with E-state index in [0.717, 1.165) is 5.56 Å². The molecule has 0 aromatic heterocycles. The number of carbonyl (C=O) groups excluding carboxylic acids is 1. The fraction of sp³-hybridized carbons (Fsp3) is 0.0909. The standard InChI is InChI=1S/C11H12N4O/c16-11(15-8-4-7-13-14-15)12-9-10-5-2-1-3-6-10/h1-8,14H,9H2,(H,12,16). The number of hydrogen-bond acceptors (Lipinski definition) is 3. The smallest absolute Gasteiger partial charge is 0.332 e. The maximum Gasteiger partial charge on any atom is 0.341 e. The lowest BCUT2D eigenvalue weighted by Gasteiger charge is -2.19. The van der Waals surface area contributed by atoms with Crippen molar-refractivity contribution in [1.82, 2.24) is 15.9 Å². The van der Waals surface area contributed by atoms with Gasteiger partial charge in [-0.15, -0.1) is 0 Å². The predicted molar refractivity (Wildman–Crippen MR) is 61.3 cm³/mol. The number of urea groups is 1. The van der Waals surface area contributed by atoms with Gasteiger partial charge in [0.2, 0.25) is 0 Å². The predicted octanol–water partition coefficient (Wildman–Crippen LogP) is 1.22. The number of rotatable bonds is 2. The van der Waals surface area contributed by atoms with E-state index >= 15 is 0 Å². The summed E-state index contributed by atoms with van der Waals surface area (Å²) < 4.78 is 0. The van der Waals surface area contributed by atoms with Gasteiger partial charge in [0, 0.05) is 12.7 Å². The Morgan fingerprint density at radius 1 is 1.38 bits per heavy atom. The lowest BCUT2D eigenvalue weighted by molar-refractivity contribution is 0.197. The molecule has 0 bridgehead atoms. The number of nitrogens with one attached hydrogen (secondary N) is 2. The molecular formula is C11H12N4O. The van der Waals surface area contributed by atoms with Crippen molar-refractivity contribution >= 4 is 12.2 Å². The van der Waals surface area contributed by atoms with Crippen molar-refractivity contribution in [3.8, 4) is 0 Å². The summed E-state index contributed by atoms with van der Waals surface area (Å²) in [6.45, 7) is 0.495. The summed E-state index contributed by atoms with van der Waals surface area (Å²) in [6.07, 6.45) is 4.85. The van der Waals surface area contributed by atoms with Gasteiger partial charge in [-0.2, -0.15) is 10.1 Å². The van der Waals surface area contributed by atoms with Crippen molar-refractivity contribution in [2.24, 2.45) is 5.10 Å². The highest BCUT2D eigenvalue weighted by atomic mass is 16.2. The summed E-state index contributed by atoms with van der Waals surface area (Å²) in [5.41, 5.74) is 3.61. The molecule has 5 heteroatoms. The molecule has 2 amide bonds. The summed E-state index contributed by atoms with van der Waals surface area (Å²) in [4.78, 5) is 11.6. The first-order valence-corrected chi connectivity index (χ1v) is 4.93. The molecule has 2 N–H and O–H groups in total. The highest BCUT2D eigenvalue weighted by molar-refractivity contribution is 5.78. The SMILES string of the molecule is O=C(NCc1ccccc1)N1C=CC=NN1. The average molecular weight is 216 g/mol. The minimum atomic E-state index is -0.239. The Bertz CT molecular complexity index is 413. The van der Waals surface area contributed by atoms with E-state index in [4.69, 9.17) is 0 Å². The van der Waals surface area contributed by atoms with E-state index < -0.39 is 0 Å². The van der Waals surface area contributed by atoms with E-state index in [2.05, 4.69) is 16.0 Å². The molecular weight excluding hydrogens is 204 g/mol. The number of hydrazine groups is 1. The van der Waals surface area contributed by atoms with E-state index in [9.17, 15) is 4.79 Å². The second-order valence-corrected chi connectivity index (χ2v) is 3.23. The van der Waals surface area contributed by atoms with E-state index in [1.165, 1.54) is 5.01 Å². The van der Waals surface area contributed by atoms with Crippen LogP contribution in [0.3, 0.4) is 0 Å². The molecule has 1 heterocycles. The first-order chi connectivity index (χ1) is 7.86. The minimum Gasteiger partial charge on any atom is -0.332 e. The zero-order valence-electron chi connectivity index (χ0n) is 8.63. The Balaban J connectivity index is 1.84. The van der Waals surface area contributed by atoms with Gasteiger partial charge in [-0.05, 0) is 11.6 Å². The molecule has 0 aliphatic carbocycles. The van der Waals surface area contributed by atoms with Crippen LogP contribution < -0.4 is 10.9 Å². The molecule has 0 unspecified atom stereocenters. The fourth-order valence-electron chi connectivity index (χ4n) is 1.27. The van der Waals surface area contributed by atoms with E-state index in [-0.39, 0.29) is 6.03 Å². The summed E-state index contributed by atoms with van der Waals surface area (Å²) in [5.74, 6) is 0. The van der Waals surface area contributed by atoms with Gasteiger partial charge in [-0.25, -0.2) is 10.3 Å². The number of benzene rings is 1. The summed E-state index contributed by atoms with van der Waals surface area (Å²) in [6, 6.07) is 9.48. The van der Waals surface area contributed by atoms with Crippen LogP contribution >= 0.6 is 0 Å².